The summed E-state index contributed by atoms with van der Waals surface area (Å²) in [7, 11) is 0. The van der Waals surface area contributed by atoms with Crippen molar-refractivity contribution in [3.8, 4) is 0 Å². The third kappa shape index (κ3) is 5.50. The van der Waals surface area contributed by atoms with Crippen LogP contribution in [0.25, 0.3) is 10.9 Å². The van der Waals surface area contributed by atoms with E-state index in [0.717, 1.165) is 50.2 Å². The molecule has 0 aliphatic carbocycles. The molecule has 0 spiro atoms. The monoisotopic (exact) mass is 519 g/mol. The Morgan fingerprint density at radius 1 is 0.872 bits per heavy atom. The van der Waals surface area contributed by atoms with Crippen LogP contribution in [-0.2, 0) is 13.1 Å². The largest absolute Gasteiger partial charge is 0.478 e. The van der Waals surface area contributed by atoms with Crippen LogP contribution in [0.3, 0.4) is 0 Å². The molecule has 198 valence electrons. The number of carboxylic acids is 1. The summed E-state index contributed by atoms with van der Waals surface area (Å²) in [6.45, 7) is 6.42. The number of hydrogen-bond acceptors (Lipinski definition) is 4. The second kappa shape index (κ2) is 11.3. The smallest absolute Gasteiger partial charge is 0.335 e. The highest BCUT2D eigenvalue weighted by molar-refractivity contribution is 5.94. The Kier molecular flexibility index (Phi) is 7.25. The van der Waals surface area contributed by atoms with Crippen LogP contribution in [0.5, 0.6) is 0 Å². The Hall–Kier alpha value is -4.20. The molecule has 1 fully saturated rings. The second-order valence-electron chi connectivity index (χ2n) is 10.2. The Morgan fingerprint density at radius 3 is 2.18 bits per heavy atom. The molecule has 0 saturated carbocycles. The Bertz CT molecular complexity index is 1480. The van der Waals surface area contributed by atoms with Gasteiger partial charge in [-0.25, -0.2) is 9.78 Å². The van der Waals surface area contributed by atoms with Crippen molar-refractivity contribution in [1.29, 1.82) is 0 Å². The average Bonchev–Trinajstić information content (AvgIpc) is 3.62. The minimum atomic E-state index is -0.900. The van der Waals surface area contributed by atoms with Gasteiger partial charge >= 0.3 is 5.97 Å². The number of aromatic nitrogens is 3. The van der Waals surface area contributed by atoms with Gasteiger partial charge in [-0.2, -0.15) is 0 Å². The molecule has 7 nitrogen and oxygen atoms in total. The molecule has 0 bridgehead atoms. The first kappa shape index (κ1) is 25.1. The quantitative estimate of drug-likeness (QED) is 0.297. The highest BCUT2D eigenvalue weighted by Gasteiger charge is 2.26. The zero-order valence-corrected chi connectivity index (χ0v) is 21.9. The minimum absolute atomic E-state index is 0.253. The van der Waals surface area contributed by atoms with Crippen LogP contribution in [0, 0.1) is 0 Å². The predicted molar refractivity (Wildman–Crippen MR) is 153 cm³/mol. The number of aromatic carboxylic acids is 1. The maximum absolute atomic E-state index is 11.7. The fraction of sp³-hybridized carbons (Fsp3) is 0.250. The highest BCUT2D eigenvalue weighted by atomic mass is 16.4. The third-order valence-corrected chi connectivity index (χ3v) is 7.78. The highest BCUT2D eigenvalue weighted by Crippen LogP contribution is 2.30. The van der Waals surface area contributed by atoms with E-state index in [4.69, 9.17) is 0 Å². The first-order valence-corrected chi connectivity index (χ1v) is 13.5. The number of fused-ring (bicyclic) bond motifs is 1. The number of imidazole rings is 1. The zero-order chi connectivity index (χ0) is 26.6. The molecule has 2 aromatic heterocycles. The maximum Gasteiger partial charge on any atom is 0.335 e. The van der Waals surface area contributed by atoms with Crippen LogP contribution in [-0.4, -0.2) is 67.7 Å². The van der Waals surface area contributed by atoms with Gasteiger partial charge in [-0.1, -0.05) is 66.7 Å². The van der Waals surface area contributed by atoms with Crippen molar-refractivity contribution >= 4 is 16.9 Å². The zero-order valence-electron chi connectivity index (χ0n) is 21.9. The molecule has 0 amide bonds. The fourth-order valence-corrected chi connectivity index (χ4v) is 5.77. The molecular weight excluding hydrogens is 486 g/mol. The van der Waals surface area contributed by atoms with Crippen molar-refractivity contribution in [1.82, 2.24) is 23.9 Å². The minimum Gasteiger partial charge on any atom is -0.478 e. The third-order valence-electron chi connectivity index (χ3n) is 7.78. The van der Waals surface area contributed by atoms with Gasteiger partial charge in [0.2, 0.25) is 0 Å². The Labute approximate surface area is 228 Å². The van der Waals surface area contributed by atoms with Crippen molar-refractivity contribution in [3.63, 3.8) is 0 Å². The van der Waals surface area contributed by atoms with Crippen LogP contribution in [0.1, 0.15) is 33.1 Å². The number of rotatable bonds is 9. The van der Waals surface area contributed by atoms with Crippen LogP contribution in [0.4, 0.5) is 0 Å². The molecule has 5 aromatic rings. The molecule has 1 aliphatic rings. The molecule has 6 rings (SSSR count). The molecule has 1 aliphatic heterocycles. The topological polar surface area (TPSA) is 66.5 Å². The number of piperazine rings is 1. The number of carbonyl (C=O) groups is 1. The summed E-state index contributed by atoms with van der Waals surface area (Å²) in [6, 6.07) is 27.3. The molecular formula is C32H33N5O2. The summed E-state index contributed by atoms with van der Waals surface area (Å²) in [4.78, 5) is 21.0. The number of benzene rings is 3. The van der Waals surface area contributed by atoms with Crippen LogP contribution in [0.15, 0.2) is 104 Å². The van der Waals surface area contributed by atoms with Gasteiger partial charge in [0.15, 0.2) is 0 Å². The lowest BCUT2D eigenvalue weighted by Gasteiger charge is -2.40. The van der Waals surface area contributed by atoms with Crippen molar-refractivity contribution in [2.75, 3.05) is 32.7 Å². The summed E-state index contributed by atoms with van der Waals surface area (Å²) in [5.74, 6) is -0.900. The van der Waals surface area contributed by atoms with Gasteiger partial charge in [0.25, 0.3) is 0 Å². The van der Waals surface area contributed by atoms with Crippen molar-refractivity contribution in [3.05, 3.63) is 126 Å². The van der Waals surface area contributed by atoms with E-state index in [0.29, 0.717) is 12.1 Å². The lowest BCUT2D eigenvalue weighted by atomic mass is 9.96. The van der Waals surface area contributed by atoms with E-state index in [1.165, 1.54) is 16.7 Å². The van der Waals surface area contributed by atoms with Gasteiger partial charge in [-0.15, -0.1) is 0 Å². The van der Waals surface area contributed by atoms with Gasteiger partial charge in [-0.05, 0) is 28.8 Å². The average molecular weight is 520 g/mol. The van der Waals surface area contributed by atoms with Gasteiger partial charge in [0.05, 0.1) is 24.5 Å². The van der Waals surface area contributed by atoms with E-state index in [9.17, 15) is 9.90 Å². The van der Waals surface area contributed by atoms with Crippen molar-refractivity contribution in [2.24, 2.45) is 0 Å². The van der Waals surface area contributed by atoms with E-state index in [1.54, 1.807) is 18.3 Å². The molecule has 3 aromatic carbocycles. The molecule has 7 heteroatoms. The molecule has 3 heterocycles. The van der Waals surface area contributed by atoms with Crippen LogP contribution < -0.4 is 0 Å². The molecule has 39 heavy (non-hydrogen) atoms. The summed E-state index contributed by atoms with van der Waals surface area (Å²) in [5.41, 5.74) is 5.11. The first-order chi connectivity index (χ1) is 19.2. The van der Waals surface area contributed by atoms with E-state index < -0.39 is 5.97 Å². The molecule has 1 saturated heterocycles. The van der Waals surface area contributed by atoms with E-state index >= 15 is 0 Å². The molecule has 1 N–H and O–H groups in total. The van der Waals surface area contributed by atoms with Crippen molar-refractivity contribution < 1.29 is 9.90 Å². The number of nitrogens with zero attached hydrogens (tertiary/aromatic N) is 5. The van der Waals surface area contributed by atoms with E-state index in [2.05, 4.69) is 86.2 Å². The van der Waals surface area contributed by atoms with E-state index in [1.807, 2.05) is 23.2 Å². The molecule has 0 unspecified atom stereocenters. The predicted octanol–water partition coefficient (Wildman–Crippen LogP) is 4.99. The van der Waals surface area contributed by atoms with Crippen molar-refractivity contribution in [2.45, 2.75) is 19.1 Å². The lowest BCUT2D eigenvalue weighted by molar-refractivity contribution is 0.0697. The Morgan fingerprint density at radius 2 is 1.56 bits per heavy atom. The van der Waals surface area contributed by atoms with Gasteiger partial charge in [0.1, 0.15) is 0 Å². The van der Waals surface area contributed by atoms with Gasteiger partial charge < -0.3 is 14.2 Å². The van der Waals surface area contributed by atoms with Gasteiger partial charge in [0, 0.05) is 68.8 Å². The lowest BCUT2D eigenvalue weighted by Crippen LogP contribution is -2.48. The van der Waals surface area contributed by atoms with Crippen LogP contribution in [0.2, 0.25) is 0 Å². The standard InChI is InChI=1S/C32H33N5O2/c38-32(39)27-11-12-29-28(22-35-14-13-33-24-35)23-37(30(29)21-27)20-17-34-15-18-36(19-16-34)31(25-7-3-1-4-8-25)26-9-5-2-6-10-26/h1-14,21,23-24,31H,15-20,22H2,(H,38,39). The molecule has 0 radical (unpaired) electrons. The fourth-order valence-electron chi connectivity index (χ4n) is 5.77. The number of hydrogen-bond donors (Lipinski definition) is 1. The maximum atomic E-state index is 11.7. The summed E-state index contributed by atoms with van der Waals surface area (Å²) >= 11 is 0. The first-order valence-electron chi connectivity index (χ1n) is 13.5. The summed E-state index contributed by atoms with van der Waals surface area (Å²) in [5, 5.41) is 10.7. The van der Waals surface area contributed by atoms with Gasteiger partial charge in [-0.3, -0.25) is 9.80 Å². The SMILES string of the molecule is O=C(O)c1ccc2c(Cn3ccnc3)cn(CCN3CCN(C(c4ccccc4)c4ccccc4)CC3)c2c1. The summed E-state index contributed by atoms with van der Waals surface area (Å²) in [6.07, 6.45) is 7.72. The Balaban J connectivity index is 1.17. The van der Waals surface area contributed by atoms with E-state index in [-0.39, 0.29) is 6.04 Å². The second-order valence-corrected chi connectivity index (χ2v) is 10.2. The summed E-state index contributed by atoms with van der Waals surface area (Å²) < 4.78 is 4.26. The number of carboxylic acid groups (broad SMARTS) is 1. The normalized spacial score (nSPS) is 14.8. The van der Waals surface area contributed by atoms with Crippen LogP contribution >= 0.6 is 0 Å². The molecule has 0 atom stereocenters.